The maximum Gasteiger partial charge on any atom is 0.243 e. The van der Waals surface area contributed by atoms with Crippen LogP contribution < -0.4 is 11.1 Å². The lowest BCUT2D eigenvalue weighted by Crippen LogP contribution is -2.57. The third kappa shape index (κ3) is 5.95. The Morgan fingerprint density at radius 1 is 1.00 bits per heavy atom. The Kier molecular flexibility index (Phi) is 8.10. The summed E-state index contributed by atoms with van der Waals surface area (Å²) in [4.78, 5) is 15.1. The fourth-order valence-corrected chi connectivity index (χ4v) is 6.33. The molecule has 36 heavy (non-hydrogen) atoms. The first-order valence-electron chi connectivity index (χ1n) is 12.6. The van der Waals surface area contributed by atoms with Gasteiger partial charge in [0.25, 0.3) is 0 Å². The van der Waals surface area contributed by atoms with Crippen LogP contribution in [0.3, 0.4) is 0 Å². The average Bonchev–Trinajstić information content (AvgIpc) is 2.89. The van der Waals surface area contributed by atoms with Crippen molar-refractivity contribution in [3.63, 3.8) is 0 Å². The summed E-state index contributed by atoms with van der Waals surface area (Å²) in [5.41, 5.74) is 8.21. The van der Waals surface area contributed by atoms with Gasteiger partial charge in [0.05, 0.1) is 16.5 Å². The summed E-state index contributed by atoms with van der Waals surface area (Å²) in [5.74, 6) is -0.239. The molecule has 1 saturated heterocycles. The number of carbonyl (C=O) groups excluding carboxylic acids is 1. The number of hydrogen-bond acceptors (Lipinski definition) is 6. The van der Waals surface area contributed by atoms with Gasteiger partial charge < -0.3 is 16.0 Å². The molecule has 0 bridgehead atoms. The molecular weight excluding hydrogens is 474 g/mol. The van der Waals surface area contributed by atoms with Gasteiger partial charge in [-0.05, 0) is 48.7 Å². The van der Waals surface area contributed by atoms with Gasteiger partial charge in [-0.2, -0.15) is 9.57 Å². The van der Waals surface area contributed by atoms with Crippen molar-refractivity contribution in [1.29, 1.82) is 5.26 Å². The van der Waals surface area contributed by atoms with E-state index >= 15 is 0 Å². The smallest absolute Gasteiger partial charge is 0.243 e. The van der Waals surface area contributed by atoms with Gasteiger partial charge in [-0.25, -0.2) is 8.42 Å². The molecule has 0 radical (unpaired) electrons. The Morgan fingerprint density at radius 2 is 1.56 bits per heavy atom. The molecule has 2 aromatic rings. The van der Waals surface area contributed by atoms with E-state index in [4.69, 9.17) is 5.73 Å². The summed E-state index contributed by atoms with van der Waals surface area (Å²) >= 11 is 0. The van der Waals surface area contributed by atoms with Gasteiger partial charge in [0.15, 0.2) is 0 Å². The number of nitrogens with two attached hydrogens (primary N) is 1. The molecule has 1 heterocycles. The highest BCUT2D eigenvalue weighted by Gasteiger charge is 2.36. The minimum absolute atomic E-state index is 0.239. The molecule has 1 amide bonds. The van der Waals surface area contributed by atoms with E-state index < -0.39 is 21.6 Å². The van der Waals surface area contributed by atoms with Crippen molar-refractivity contribution in [3.8, 4) is 17.2 Å². The first-order chi connectivity index (χ1) is 17.2. The van der Waals surface area contributed by atoms with Crippen LogP contribution >= 0.6 is 0 Å². The zero-order valence-electron chi connectivity index (χ0n) is 20.8. The lowest BCUT2D eigenvalue weighted by atomic mass is 9.81. The Labute approximate surface area is 214 Å². The maximum absolute atomic E-state index is 13.0. The fourth-order valence-electron chi connectivity index (χ4n) is 4.91. The molecule has 192 valence electrons. The highest BCUT2D eigenvalue weighted by molar-refractivity contribution is 7.89. The van der Waals surface area contributed by atoms with Gasteiger partial charge in [-0.1, -0.05) is 55.7 Å². The van der Waals surface area contributed by atoms with Gasteiger partial charge in [0.1, 0.15) is 6.04 Å². The first kappa shape index (κ1) is 26.3. The lowest BCUT2D eigenvalue weighted by molar-refractivity contribution is -0.127. The number of amides is 1. The number of piperazine rings is 1. The van der Waals surface area contributed by atoms with Crippen molar-refractivity contribution < 1.29 is 13.2 Å². The van der Waals surface area contributed by atoms with Crippen molar-refractivity contribution in [3.05, 3.63) is 54.1 Å². The van der Waals surface area contributed by atoms with E-state index in [0.29, 0.717) is 37.2 Å². The molecule has 0 aromatic heterocycles. The molecule has 2 fully saturated rings. The predicted octanol–water partition coefficient (Wildman–Crippen LogP) is 2.50. The molecule has 9 heteroatoms. The number of sulfonamides is 1. The summed E-state index contributed by atoms with van der Waals surface area (Å²) in [7, 11) is -1.50. The molecule has 2 aromatic carbocycles. The van der Waals surface area contributed by atoms with Gasteiger partial charge in [0, 0.05) is 32.6 Å². The molecule has 0 spiro atoms. The second-order valence-corrected chi connectivity index (χ2v) is 11.9. The van der Waals surface area contributed by atoms with Crippen LogP contribution in [-0.4, -0.2) is 68.3 Å². The molecule has 4 rings (SSSR count). The van der Waals surface area contributed by atoms with Crippen molar-refractivity contribution in [2.45, 2.75) is 55.0 Å². The zero-order chi connectivity index (χ0) is 25.8. The van der Waals surface area contributed by atoms with Crippen LogP contribution in [0.5, 0.6) is 0 Å². The van der Waals surface area contributed by atoms with Crippen LogP contribution in [0.2, 0.25) is 0 Å². The topological polar surface area (TPSA) is 120 Å². The number of benzene rings is 2. The third-order valence-electron chi connectivity index (χ3n) is 7.34. The third-order valence-corrected chi connectivity index (χ3v) is 9.25. The molecule has 1 atom stereocenters. The Bertz CT molecular complexity index is 1190. The summed E-state index contributed by atoms with van der Waals surface area (Å²) in [6.07, 6.45) is 4.66. The molecule has 1 aliphatic heterocycles. The van der Waals surface area contributed by atoms with Gasteiger partial charge in [-0.3, -0.25) is 4.79 Å². The Hall–Kier alpha value is -2.77. The van der Waals surface area contributed by atoms with Crippen molar-refractivity contribution in [2.75, 3.05) is 33.2 Å². The van der Waals surface area contributed by atoms with Crippen LogP contribution in [0.15, 0.2) is 53.4 Å². The van der Waals surface area contributed by atoms with E-state index in [1.807, 2.05) is 43.4 Å². The van der Waals surface area contributed by atoms with Crippen molar-refractivity contribution >= 4 is 15.9 Å². The minimum Gasteiger partial charge on any atom is -0.338 e. The van der Waals surface area contributed by atoms with Gasteiger partial charge in [0.2, 0.25) is 15.9 Å². The monoisotopic (exact) mass is 509 g/mol. The van der Waals surface area contributed by atoms with E-state index in [1.165, 1.54) is 0 Å². The normalized spacial score (nSPS) is 19.8. The van der Waals surface area contributed by atoms with Crippen LogP contribution in [-0.2, 0) is 21.2 Å². The molecular formula is C27H35N5O3S. The van der Waals surface area contributed by atoms with Crippen molar-refractivity contribution in [2.24, 2.45) is 5.73 Å². The zero-order valence-corrected chi connectivity index (χ0v) is 21.6. The molecule has 1 saturated carbocycles. The fraction of sp³-hybridized carbons (Fsp3) is 0.481. The highest BCUT2D eigenvalue weighted by atomic mass is 32.2. The number of likely N-dealkylation sites (N-methyl/N-ethyl adjacent to an activating group) is 1. The number of nitriles is 1. The predicted molar refractivity (Wildman–Crippen MR) is 139 cm³/mol. The van der Waals surface area contributed by atoms with E-state index in [-0.39, 0.29) is 5.91 Å². The number of carbonyl (C=O) groups is 1. The average molecular weight is 510 g/mol. The lowest BCUT2D eigenvalue weighted by Gasteiger charge is -2.32. The minimum atomic E-state index is -3.50. The largest absolute Gasteiger partial charge is 0.338 e. The molecule has 2 aliphatic rings. The number of nitrogens with one attached hydrogen (secondary N) is 1. The summed E-state index contributed by atoms with van der Waals surface area (Å²) in [6, 6.07) is 16.2. The maximum atomic E-state index is 13.0. The number of rotatable bonds is 7. The molecule has 1 aliphatic carbocycles. The van der Waals surface area contributed by atoms with Gasteiger partial charge in [-0.15, -0.1) is 0 Å². The van der Waals surface area contributed by atoms with Crippen LogP contribution in [0.4, 0.5) is 0 Å². The summed E-state index contributed by atoms with van der Waals surface area (Å²) in [5, 5.41) is 12.4. The second kappa shape index (κ2) is 11.1. The standard InChI is InChI=1S/C27H35N5O3S/c1-31-15-17-32(18-16-31)36(34,35)25-11-9-23(10-12-25)22-7-5-21(6-8-22)19-24(20-28)30-26(33)27(29)13-3-2-4-14-27/h5-12,24H,2-4,13-19,29H2,1H3,(H,30,33)/t24-/m1/s1. The number of nitrogens with zero attached hydrogens (tertiary/aromatic N) is 3. The van der Waals surface area contributed by atoms with Gasteiger partial charge >= 0.3 is 0 Å². The summed E-state index contributed by atoms with van der Waals surface area (Å²) in [6.45, 7) is 2.46. The van der Waals surface area contributed by atoms with Crippen LogP contribution in [0.1, 0.15) is 37.7 Å². The van der Waals surface area contributed by atoms with E-state index in [9.17, 15) is 18.5 Å². The SMILES string of the molecule is CN1CCN(S(=O)(=O)c2ccc(-c3ccc(C[C@H](C#N)NC(=O)C4(N)CCCCC4)cc3)cc2)CC1. The van der Waals surface area contributed by atoms with E-state index in [2.05, 4.69) is 16.3 Å². The second-order valence-electron chi connectivity index (χ2n) is 10.0. The Morgan fingerprint density at radius 3 is 2.11 bits per heavy atom. The Balaban J connectivity index is 1.38. The molecule has 3 N–H and O–H groups in total. The van der Waals surface area contributed by atoms with Crippen LogP contribution in [0, 0.1) is 11.3 Å². The highest BCUT2D eigenvalue weighted by Crippen LogP contribution is 2.27. The molecule has 0 unspecified atom stereocenters. The van der Waals surface area contributed by atoms with E-state index in [1.54, 1.807) is 16.4 Å². The van der Waals surface area contributed by atoms with E-state index in [0.717, 1.165) is 49.0 Å². The van der Waals surface area contributed by atoms with Crippen molar-refractivity contribution in [1.82, 2.24) is 14.5 Å². The summed E-state index contributed by atoms with van der Waals surface area (Å²) < 4.78 is 27.5. The molecule has 8 nitrogen and oxygen atoms in total. The quantitative estimate of drug-likeness (QED) is 0.592. The first-order valence-corrected chi connectivity index (χ1v) is 14.0. The number of hydrogen-bond donors (Lipinski definition) is 2. The van der Waals surface area contributed by atoms with Crippen LogP contribution in [0.25, 0.3) is 11.1 Å².